The molecule has 20 heavy (non-hydrogen) atoms. The first-order valence-electron chi connectivity index (χ1n) is 7.34. The molecule has 1 aromatic carbocycles. The highest BCUT2D eigenvalue weighted by Gasteiger charge is 2.28. The number of nitrogens with one attached hydrogen (secondary N) is 1. The molecule has 0 spiro atoms. The molecule has 0 saturated carbocycles. The standard InChI is InChI=1S/C15H24N2O2S/c1-4-13-6-7-15(10-14(13)5-2)20(18,19)17-9-8-16-12(3)11-17/h6-7,10,12,16H,4-5,8-9,11H2,1-3H3. The van der Waals surface area contributed by atoms with Gasteiger partial charge in [0.2, 0.25) is 10.0 Å². The summed E-state index contributed by atoms with van der Waals surface area (Å²) in [6.07, 6.45) is 1.80. The number of hydrogen-bond donors (Lipinski definition) is 1. The zero-order chi connectivity index (χ0) is 14.8. The molecule has 0 aliphatic carbocycles. The second kappa shape index (κ2) is 6.24. The summed E-state index contributed by atoms with van der Waals surface area (Å²) < 4.78 is 27.0. The van der Waals surface area contributed by atoms with Gasteiger partial charge >= 0.3 is 0 Å². The van der Waals surface area contributed by atoms with Gasteiger partial charge in [0, 0.05) is 25.7 Å². The molecule has 1 unspecified atom stereocenters. The largest absolute Gasteiger partial charge is 0.312 e. The van der Waals surface area contributed by atoms with E-state index in [9.17, 15) is 8.42 Å². The smallest absolute Gasteiger partial charge is 0.243 e. The van der Waals surface area contributed by atoms with Crippen LogP contribution in [0.4, 0.5) is 0 Å². The fourth-order valence-electron chi connectivity index (χ4n) is 2.70. The third-order valence-electron chi connectivity index (χ3n) is 3.91. The minimum absolute atomic E-state index is 0.207. The summed E-state index contributed by atoms with van der Waals surface area (Å²) in [7, 11) is -3.36. The van der Waals surface area contributed by atoms with Crippen LogP contribution in [0.15, 0.2) is 23.1 Å². The fraction of sp³-hybridized carbons (Fsp3) is 0.600. The first-order chi connectivity index (χ1) is 9.48. The average Bonchev–Trinajstić information content (AvgIpc) is 2.46. The number of nitrogens with zero attached hydrogens (tertiary/aromatic N) is 1. The maximum atomic E-state index is 12.7. The Morgan fingerprint density at radius 1 is 1.25 bits per heavy atom. The van der Waals surface area contributed by atoms with E-state index in [0.29, 0.717) is 24.5 Å². The van der Waals surface area contributed by atoms with Gasteiger partial charge in [-0.25, -0.2) is 8.42 Å². The van der Waals surface area contributed by atoms with Gasteiger partial charge in [0.15, 0.2) is 0 Å². The van der Waals surface area contributed by atoms with Crippen LogP contribution < -0.4 is 5.32 Å². The van der Waals surface area contributed by atoms with E-state index in [-0.39, 0.29) is 6.04 Å². The van der Waals surface area contributed by atoms with Gasteiger partial charge in [-0.2, -0.15) is 4.31 Å². The second-order valence-corrected chi connectivity index (χ2v) is 7.29. The summed E-state index contributed by atoms with van der Waals surface area (Å²) in [5, 5.41) is 3.27. The van der Waals surface area contributed by atoms with Crippen molar-refractivity contribution in [3.05, 3.63) is 29.3 Å². The molecule has 2 rings (SSSR count). The molecule has 1 heterocycles. The molecule has 0 amide bonds. The highest BCUT2D eigenvalue weighted by molar-refractivity contribution is 7.89. The Kier molecular flexibility index (Phi) is 4.83. The topological polar surface area (TPSA) is 49.4 Å². The van der Waals surface area contributed by atoms with E-state index in [1.165, 1.54) is 5.56 Å². The molecule has 5 heteroatoms. The summed E-state index contributed by atoms with van der Waals surface area (Å²) in [4.78, 5) is 0.431. The minimum Gasteiger partial charge on any atom is -0.312 e. The Morgan fingerprint density at radius 3 is 2.55 bits per heavy atom. The normalized spacial score (nSPS) is 21.1. The van der Waals surface area contributed by atoms with Crippen LogP contribution in [0.1, 0.15) is 31.9 Å². The number of aryl methyl sites for hydroxylation is 2. The Balaban J connectivity index is 2.34. The summed E-state index contributed by atoms with van der Waals surface area (Å²) in [5.74, 6) is 0. The molecule has 1 atom stereocenters. The molecule has 1 N–H and O–H groups in total. The minimum atomic E-state index is -3.36. The van der Waals surface area contributed by atoms with E-state index in [0.717, 1.165) is 18.4 Å². The highest BCUT2D eigenvalue weighted by Crippen LogP contribution is 2.21. The van der Waals surface area contributed by atoms with E-state index >= 15 is 0 Å². The molecular formula is C15H24N2O2S. The van der Waals surface area contributed by atoms with Crippen molar-refractivity contribution in [2.75, 3.05) is 19.6 Å². The molecular weight excluding hydrogens is 272 g/mol. The average molecular weight is 296 g/mol. The summed E-state index contributed by atoms with van der Waals surface area (Å²) >= 11 is 0. The van der Waals surface area contributed by atoms with Gasteiger partial charge in [-0.15, -0.1) is 0 Å². The van der Waals surface area contributed by atoms with Crippen LogP contribution >= 0.6 is 0 Å². The Bertz CT molecular complexity index is 569. The lowest BCUT2D eigenvalue weighted by Gasteiger charge is -2.31. The lowest BCUT2D eigenvalue weighted by Crippen LogP contribution is -2.51. The van der Waals surface area contributed by atoms with Crippen LogP contribution in [0.3, 0.4) is 0 Å². The maximum Gasteiger partial charge on any atom is 0.243 e. The monoisotopic (exact) mass is 296 g/mol. The van der Waals surface area contributed by atoms with Crippen molar-refractivity contribution in [1.29, 1.82) is 0 Å². The van der Waals surface area contributed by atoms with Crippen LogP contribution in [0.5, 0.6) is 0 Å². The summed E-state index contributed by atoms with van der Waals surface area (Å²) in [6, 6.07) is 5.76. The lowest BCUT2D eigenvalue weighted by molar-refractivity contribution is 0.310. The zero-order valence-electron chi connectivity index (χ0n) is 12.5. The van der Waals surface area contributed by atoms with E-state index in [2.05, 4.69) is 19.2 Å². The first kappa shape index (κ1) is 15.5. The van der Waals surface area contributed by atoms with E-state index < -0.39 is 10.0 Å². The predicted octanol–water partition coefficient (Wildman–Crippen LogP) is 1.79. The lowest BCUT2D eigenvalue weighted by atomic mass is 10.0. The molecule has 1 aliphatic rings. The zero-order valence-corrected chi connectivity index (χ0v) is 13.3. The number of piperazine rings is 1. The van der Waals surface area contributed by atoms with Gasteiger partial charge in [0.1, 0.15) is 0 Å². The van der Waals surface area contributed by atoms with Crippen LogP contribution in [-0.4, -0.2) is 38.4 Å². The molecule has 1 saturated heterocycles. The van der Waals surface area contributed by atoms with Crippen LogP contribution in [-0.2, 0) is 22.9 Å². The molecule has 112 valence electrons. The van der Waals surface area contributed by atoms with Crippen LogP contribution in [0.25, 0.3) is 0 Å². The quantitative estimate of drug-likeness (QED) is 0.921. The van der Waals surface area contributed by atoms with Crippen LogP contribution in [0, 0.1) is 0 Å². The Labute approximate surface area is 122 Å². The van der Waals surface area contributed by atoms with Gasteiger partial charge in [0.25, 0.3) is 0 Å². The maximum absolute atomic E-state index is 12.7. The van der Waals surface area contributed by atoms with Gasteiger partial charge in [-0.05, 0) is 43.0 Å². The van der Waals surface area contributed by atoms with Crippen molar-refractivity contribution < 1.29 is 8.42 Å². The van der Waals surface area contributed by atoms with Crippen molar-refractivity contribution in [3.8, 4) is 0 Å². The van der Waals surface area contributed by atoms with E-state index in [1.807, 2.05) is 19.1 Å². The van der Waals surface area contributed by atoms with Crippen molar-refractivity contribution in [2.45, 2.75) is 44.6 Å². The molecule has 1 aromatic rings. The SMILES string of the molecule is CCc1ccc(S(=O)(=O)N2CCNC(C)C2)cc1CC. The molecule has 0 bridgehead atoms. The molecule has 0 radical (unpaired) electrons. The number of benzene rings is 1. The van der Waals surface area contributed by atoms with Crippen molar-refractivity contribution in [1.82, 2.24) is 9.62 Å². The summed E-state index contributed by atoms with van der Waals surface area (Å²) in [5.41, 5.74) is 2.37. The summed E-state index contributed by atoms with van der Waals surface area (Å²) in [6.45, 7) is 7.98. The second-order valence-electron chi connectivity index (χ2n) is 5.36. The van der Waals surface area contributed by atoms with Gasteiger partial charge < -0.3 is 5.32 Å². The van der Waals surface area contributed by atoms with E-state index in [1.54, 1.807) is 10.4 Å². The number of sulfonamides is 1. The van der Waals surface area contributed by atoms with E-state index in [4.69, 9.17) is 0 Å². The molecule has 1 aliphatic heterocycles. The molecule has 4 nitrogen and oxygen atoms in total. The third-order valence-corrected chi connectivity index (χ3v) is 5.77. The molecule has 1 fully saturated rings. The van der Waals surface area contributed by atoms with Crippen molar-refractivity contribution in [2.24, 2.45) is 0 Å². The fourth-order valence-corrected chi connectivity index (χ4v) is 4.28. The number of rotatable bonds is 4. The van der Waals surface area contributed by atoms with Gasteiger partial charge in [-0.3, -0.25) is 0 Å². The first-order valence-corrected chi connectivity index (χ1v) is 8.78. The Hall–Kier alpha value is -0.910. The van der Waals surface area contributed by atoms with Crippen molar-refractivity contribution in [3.63, 3.8) is 0 Å². The molecule has 0 aromatic heterocycles. The van der Waals surface area contributed by atoms with Crippen molar-refractivity contribution >= 4 is 10.0 Å². The van der Waals surface area contributed by atoms with Gasteiger partial charge in [-0.1, -0.05) is 19.9 Å². The Morgan fingerprint density at radius 2 is 1.95 bits per heavy atom. The number of hydrogen-bond acceptors (Lipinski definition) is 3. The van der Waals surface area contributed by atoms with Crippen LogP contribution in [0.2, 0.25) is 0 Å². The highest BCUT2D eigenvalue weighted by atomic mass is 32.2. The predicted molar refractivity (Wildman–Crippen MR) is 81.4 cm³/mol. The third kappa shape index (κ3) is 3.05. The van der Waals surface area contributed by atoms with Gasteiger partial charge in [0.05, 0.1) is 4.90 Å².